The van der Waals surface area contributed by atoms with Crippen LogP contribution < -0.4 is 21.3 Å². The van der Waals surface area contributed by atoms with Crippen LogP contribution in [0.15, 0.2) is 72.9 Å². The predicted octanol–water partition coefficient (Wildman–Crippen LogP) is 6.00. The van der Waals surface area contributed by atoms with Gasteiger partial charge in [0, 0.05) is 31.4 Å². The van der Waals surface area contributed by atoms with E-state index in [4.69, 9.17) is 26.8 Å². The van der Waals surface area contributed by atoms with Gasteiger partial charge in [-0.1, -0.05) is 41.9 Å². The molecular weight excluding hydrogens is 738 g/mol. The van der Waals surface area contributed by atoms with Gasteiger partial charge in [-0.3, -0.25) is 9.59 Å². The van der Waals surface area contributed by atoms with Crippen molar-refractivity contribution < 1.29 is 33.8 Å². The van der Waals surface area contributed by atoms with E-state index in [1.165, 1.54) is 17.4 Å². The normalized spacial score (nSPS) is 15.0. The number of benzene rings is 3. The average Bonchev–Trinajstić information content (AvgIpc) is 3.80. The second kappa shape index (κ2) is 16.9. The van der Waals surface area contributed by atoms with E-state index in [1.807, 2.05) is 6.92 Å². The maximum absolute atomic E-state index is 13.5. The zero-order valence-electron chi connectivity index (χ0n) is 31.6. The van der Waals surface area contributed by atoms with Gasteiger partial charge in [-0.05, 0) is 93.1 Å². The van der Waals surface area contributed by atoms with Crippen molar-refractivity contribution in [3.05, 3.63) is 123 Å². The Bertz CT molecular complexity index is 2280. The van der Waals surface area contributed by atoms with E-state index in [-0.39, 0.29) is 16.9 Å². The number of fused-ring (bicyclic) bond motifs is 2. The number of hydrogen-bond donors (Lipinski definition) is 4. The minimum absolute atomic E-state index is 0.0384. The number of carbonyl (C=O) groups excluding carboxylic acids is 3. The summed E-state index contributed by atoms with van der Waals surface area (Å²) < 4.78 is 12.0. The Morgan fingerprint density at radius 3 is 2.38 bits per heavy atom. The van der Waals surface area contributed by atoms with Crippen molar-refractivity contribution in [3.63, 3.8) is 0 Å². The van der Waals surface area contributed by atoms with Crippen LogP contribution in [0.4, 0.5) is 11.4 Å². The van der Waals surface area contributed by atoms with Crippen LogP contribution in [0.1, 0.15) is 97.2 Å². The molecule has 5 aromatic rings. The molecule has 292 valence electrons. The second-order valence-corrected chi connectivity index (χ2v) is 14.8. The number of nitrogens with one attached hydrogen (secondary N) is 2. The summed E-state index contributed by atoms with van der Waals surface area (Å²) in [6.07, 6.45) is 2.41. The Hall–Kier alpha value is -5.83. The summed E-state index contributed by atoms with van der Waals surface area (Å²) in [5.74, 6) is -3.01. The Morgan fingerprint density at radius 2 is 1.71 bits per heavy atom. The van der Waals surface area contributed by atoms with Gasteiger partial charge in [-0.15, -0.1) is 0 Å². The molecule has 0 spiro atoms. The van der Waals surface area contributed by atoms with E-state index >= 15 is 0 Å². The highest BCUT2D eigenvalue weighted by Crippen LogP contribution is 2.35. The Kier molecular flexibility index (Phi) is 12.0. The van der Waals surface area contributed by atoms with Gasteiger partial charge in [0.15, 0.2) is 11.3 Å². The second-order valence-electron chi connectivity index (χ2n) is 14.4. The lowest BCUT2D eigenvalue weighted by Gasteiger charge is -2.28. The first-order valence-corrected chi connectivity index (χ1v) is 18.6. The number of amides is 2. The Labute approximate surface area is 328 Å². The first-order chi connectivity index (χ1) is 26.7. The molecule has 3 aromatic carbocycles. The number of morpholine rings is 1. The molecule has 0 saturated carbocycles. The lowest BCUT2D eigenvalue weighted by atomic mass is 9.97. The number of rotatable bonds is 8. The van der Waals surface area contributed by atoms with Gasteiger partial charge in [-0.2, -0.15) is 5.10 Å². The third-order valence-corrected chi connectivity index (χ3v) is 9.79. The fourth-order valence-electron chi connectivity index (χ4n) is 6.63. The maximum Gasteiger partial charge on any atom is 0.354 e. The van der Waals surface area contributed by atoms with Crippen molar-refractivity contribution in [1.29, 1.82) is 0 Å². The highest BCUT2D eigenvalue weighted by atomic mass is 35.5. The molecule has 0 radical (unpaired) electrons. The molecule has 5 N–H and O–H groups in total. The fraction of sp³-hybridized carbons (Fsp3) is 0.317. The molecule has 1 saturated heterocycles. The number of anilines is 2. The topological polar surface area (TPSA) is 190 Å². The summed E-state index contributed by atoms with van der Waals surface area (Å²) in [5.41, 5.74) is 10.1. The van der Waals surface area contributed by atoms with E-state index in [0.29, 0.717) is 35.7 Å². The highest BCUT2D eigenvalue weighted by Gasteiger charge is 2.31. The average molecular weight is 782 g/mol. The summed E-state index contributed by atoms with van der Waals surface area (Å²) in [7, 11) is 0. The predicted molar refractivity (Wildman–Crippen MR) is 212 cm³/mol. The summed E-state index contributed by atoms with van der Waals surface area (Å²) in [4.78, 5) is 57.6. The van der Waals surface area contributed by atoms with Crippen molar-refractivity contribution >= 4 is 52.4 Å². The van der Waals surface area contributed by atoms with E-state index in [2.05, 4.69) is 49.9 Å². The molecular formula is C41H44ClN7O7. The quantitative estimate of drug-likeness (QED) is 0.135. The molecule has 15 heteroatoms. The molecule has 14 nitrogen and oxygen atoms in total. The molecule has 1 atom stereocenters. The van der Waals surface area contributed by atoms with Gasteiger partial charge >= 0.3 is 11.9 Å². The summed E-state index contributed by atoms with van der Waals surface area (Å²) in [6.45, 7) is 11.5. The minimum atomic E-state index is -1.37. The molecule has 2 aromatic heterocycles. The van der Waals surface area contributed by atoms with Gasteiger partial charge in [0.05, 0.1) is 41.7 Å². The number of para-hydroxylation sites is 1. The van der Waals surface area contributed by atoms with Gasteiger partial charge in [0.25, 0.3) is 11.8 Å². The van der Waals surface area contributed by atoms with Crippen LogP contribution in [-0.2, 0) is 22.4 Å². The van der Waals surface area contributed by atoms with Crippen molar-refractivity contribution in [1.82, 2.24) is 19.9 Å². The van der Waals surface area contributed by atoms with Crippen LogP contribution in [0, 0.1) is 6.92 Å². The lowest BCUT2D eigenvalue weighted by molar-refractivity contribution is 0.00681. The van der Waals surface area contributed by atoms with Gasteiger partial charge in [-0.25, -0.2) is 19.1 Å². The number of carboxylic acid groups (broad SMARTS) is 1. The number of aromatic nitrogens is 3. The molecule has 1 fully saturated rings. The first kappa shape index (κ1) is 39.9. The van der Waals surface area contributed by atoms with Gasteiger partial charge in [0.1, 0.15) is 16.9 Å². The standard InChI is InChI=1S/C30H28ClN5O6.C11H16N2O/c1-15-16-11-12-21(18(16)10-9-17(15)29(41)42-30(2,3)4)34-27(38)24-13-23(28(39)40)33-25-19(14-32-36(24)25)26(37)35-22-8-6-5-7-20(22)31;12-9-10-1-3-11(4-2-10)13-5-7-14-8-6-13/h5-10,13-14,21H,11-12H2,1-4H3,(H,34,38)(H,35,37)(H,39,40);1-4H,5-9,12H2/t21-;/m0./s1. The molecule has 56 heavy (non-hydrogen) atoms. The number of nitrogens with zero attached hydrogens (tertiary/aromatic N) is 4. The van der Waals surface area contributed by atoms with Gasteiger partial charge in [0.2, 0.25) is 0 Å². The Balaban J connectivity index is 0.000000317. The monoisotopic (exact) mass is 781 g/mol. The number of nitrogens with two attached hydrogens (primary N) is 1. The molecule has 3 heterocycles. The highest BCUT2D eigenvalue weighted by molar-refractivity contribution is 6.34. The van der Waals surface area contributed by atoms with Crippen LogP contribution in [0.5, 0.6) is 0 Å². The van der Waals surface area contributed by atoms with Crippen molar-refractivity contribution in [2.24, 2.45) is 5.73 Å². The van der Waals surface area contributed by atoms with Crippen LogP contribution in [0.25, 0.3) is 5.65 Å². The summed E-state index contributed by atoms with van der Waals surface area (Å²) >= 11 is 6.15. The number of carbonyl (C=O) groups is 4. The number of esters is 1. The number of halogens is 1. The molecule has 1 aliphatic carbocycles. The third-order valence-electron chi connectivity index (χ3n) is 9.46. The third kappa shape index (κ3) is 8.99. The van der Waals surface area contributed by atoms with E-state index in [1.54, 1.807) is 57.2 Å². The number of hydrogen-bond acceptors (Lipinski definition) is 10. The minimum Gasteiger partial charge on any atom is -0.477 e. The van der Waals surface area contributed by atoms with Crippen molar-refractivity contribution in [2.75, 3.05) is 36.5 Å². The van der Waals surface area contributed by atoms with Crippen molar-refractivity contribution in [3.8, 4) is 0 Å². The van der Waals surface area contributed by atoms with E-state index in [9.17, 15) is 24.3 Å². The Morgan fingerprint density at radius 1 is 1.00 bits per heavy atom. The lowest BCUT2D eigenvalue weighted by Crippen LogP contribution is -2.36. The van der Waals surface area contributed by atoms with E-state index in [0.717, 1.165) is 53.6 Å². The van der Waals surface area contributed by atoms with Crippen molar-refractivity contribution in [2.45, 2.75) is 58.7 Å². The van der Waals surface area contributed by atoms with Crippen LogP contribution >= 0.6 is 11.6 Å². The number of carboxylic acids is 1. The zero-order chi connectivity index (χ0) is 40.1. The SMILES string of the molecule is Cc1c(C(=O)OC(C)(C)C)ccc2c1CC[C@@H]2NC(=O)c1cc(C(=O)O)nc2c(C(=O)Nc3ccccc3Cl)cnn12.NCc1ccc(N2CCOCC2)cc1. The smallest absolute Gasteiger partial charge is 0.354 e. The number of aromatic carboxylic acids is 1. The molecule has 0 unspecified atom stereocenters. The van der Waals surface area contributed by atoms with Crippen LogP contribution in [0.3, 0.4) is 0 Å². The molecule has 1 aliphatic heterocycles. The van der Waals surface area contributed by atoms with E-state index < -0.39 is 41.1 Å². The zero-order valence-corrected chi connectivity index (χ0v) is 32.4. The summed E-state index contributed by atoms with van der Waals surface area (Å²) in [5, 5.41) is 19.8. The molecule has 2 aliphatic rings. The van der Waals surface area contributed by atoms with Crippen LogP contribution in [-0.4, -0.2) is 75.4 Å². The molecule has 7 rings (SSSR count). The molecule has 2 amide bonds. The van der Waals surface area contributed by atoms with Crippen LogP contribution in [0.2, 0.25) is 5.02 Å². The first-order valence-electron chi connectivity index (χ1n) is 18.2. The maximum atomic E-state index is 13.5. The number of ether oxygens (including phenoxy) is 2. The molecule has 0 bridgehead atoms. The largest absolute Gasteiger partial charge is 0.477 e. The van der Waals surface area contributed by atoms with Gasteiger partial charge < -0.3 is 35.8 Å². The fourth-order valence-corrected chi connectivity index (χ4v) is 6.81. The summed E-state index contributed by atoms with van der Waals surface area (Å²) in [6, 6.07) is 19.3.